The number of aliphatic hydroxyl groups excluding tert-OH is 1. The van der Waals surface area contributed by atoms with Gasteiger partial charge >= 0.3 is 5.97 Å². The second-order valence-electron chi connectivity index (χ2n) is 4.86. The molecule has 1 heterocycles. The molecule has 3 rings (SSSR count). The van der Waals surface area contributed by atoms with Crippen LogP contribution in [0, 0.1) is 0 Å². The van der Waals surface area contributed by atoms with Crippen LogP contribution in [-0.4, -0.2) is 32.3 Å². The number of hydrogen-bond donors (Lipinski definition) is 2. The first-order valence-corrected chi connectivity index (χ1v) is 5.98. The molecule has 2 aromatic rings. The van der Waals surface area contributed by atoms with Crippen molar-refractivity contribution in [2.45, 2.75) is 24.8 Å². The molecule has 1 aromatic carbocycles. The van der Waals surface area contributed by atoms with E-state index in [0.717, 1.165) is 30.3 Å². The number of aromatic nitrogens is 2. The molecule has 1 fully saturated rings. The van der Waals surface area contributed by atoms with Gasteiger partial charge in [-0.3, -0.25) is 0 Å². The molecule has 18 heavy (non-hydrogen) atoms. The van der Waals surface area contributed by atoms with E-state index in [-0.39, 0.29) is 17.7 Å². The predicted octanol–water partition coefficient (Wildman–Crippen LogP) is 1.61. The monoisotopic (exact) mass is 246 g/mol. The molecule has 0 radical (unpaired) electrons. The Hall–Kier alpha value is -1.88. The van der Waals surface area contributed by atoms with Crippen molar-refractivity contribution in [3.63, 3.8) is 0 Å². The van der Waals surface area contributed by atoms with Gasteiger partial charge in [0, 0.05) is 0 Å². The Labute approximate surface area is 104 Å². The van der Waals surface area contributed by atoms with Gasteiger partial charge in [0.15, 0.2) is 0 Å². The summed E-state index contributed by atoms with van der Waals surface area (Å²) in [4.78, 5) is 15.3. The molecule has 0 saturated heterocycles. The highest BCUT2D eigenvalue weighted by Gasteiger charge is 2.39. The predicted molar refractivity (Wildman–Crippen MR) is 65.6 cm³/mol. The Morgan fingerprint density at radius 3 is 2.78 bits per heavy atom. The van der Waals surface area contributed by atoms with Crippen LogP contribution < -0.4 is 0 Å². The lowest BCUT2D eigenvalue weighted by Crippen LogP contribution is -2.43. The molecule has 0 amide bonds. The van der Waals surface area contributed by atoms with Gasteiger partial charge in [-0.1, -0.05) is 0 Å². The lowest BCUT2D eigenvalue weighted by Gasteiger charge is -2.41. The third-order valence-electron chi connectivity index (χ3n) is 3.88. The van der Waals surface area contributed by atoms with Crippen LogP contribution in [0.2, 0.25) is 0 Å². The maximum Gasteiger partial charge on any atom is 0.335 e. The molecule has 0 atom stereocenters. The lowest BCUT2D eigenvalue weighted by molar-refractivity contribution is 0.0588. The topological polar surface area (TPSA) is 75.3 Å². The quantitative estimate of drug-likeness (QED) is 0.862. The largest absolute Gasteiger partial charge is 0.478 e. The molecule has 1 aromatic heterocycles. The fourth-order valence-corrected chi connectivity index (χ4v) is 2.58. The second kappa shape index (κ2) is 3.81. The fraction of sp³-hybridized carbons (Fsp3) is 0.385. The first kappa shape index (κ1) is 11.2. The number of hydrogen-bond acceptors (Lipinski definition) is 3. The Balaban J connectivity index is 2.18. The average molecular weight is 246 g/mol. The number of aliphatic hydroxyl groups is 1. The summed E-state index contributed by atoms with van der Waals surface area (Å²) in [7, 11) is 0. The van der Waals surface area contributed by atoms with Crippen molar-refractivity contribution in [2.24, 2.45) is 0 Å². The van der Waals surface area contributed by atoms with Gasteiger partial charge in [-0.25, -0.2) is 9.78 Å². The van der Waals surface area contributed by atoms with Crippen LogP contribution >= 0.6 is 0 Å². The van der Waals surface area contributed by atoms with Crippen LogP contribution in [0.3, 0.4) is 0 Å². The van der Waals surface area contributed by atoms with Gasteiger partial charge in [-0.15, -0.1) is 0 Å². The van der Waals surface area contributed by atoms with Gasteiger partial charge in [-0.05, 0) is 37.5 Å². The molecule has 1 saturated carbocycles. The van der Waals surface area contributed by atoms with Crippen LogP contribution in [0.1, 0.15) is 29.6 Å². The van der Waals surface area contributed by atoms with Crippen molar-refractivity contribution in [3.8, 4) is 0 Å². The maximum atomic E-state index is 11.0. The summed E-state index contributed by atoms with van der Waals surface area (Å²) in [5, 5.41) is 18.6. The zero-order chi connectivity index (χ0) is 12.8. The van der Waals surface area contributed by atoms with Crippen LogP contribution in [0.25, 0.3) is 11.0 Å². The number of rotatable bonds is 3. The van der Waals surface area contributed by atoms with Crippen molar-refractivity contribution < 1.29 is 15.0 Å². The number of imidazole rings is 1. The fourth-order valence-electron chi connectivity index (χ4n) is 2.58. The van der Waals surface area contributed by atoms with Crippen molar-refractivity contribution in [2.75, 3.05) is 6.61 Å². The van der Waals surface area contributed by atoms with Crippen molar-refractivity contribution >= 4 is 17.0 Å². The number of carboxylic acids is 1. The second-order valence-corrected chi connectivity index (χ2v) is 4.86. The Morgan fingerprint density at radius 1 is 1.44 bits per heavy atom. The average Bonchev–Trinajstić information content (AvgIpc) is 2.72. The third kappa shape index (κ3) is 1.44. The zero-order valence-electron chi connectivity index (χ0n) is 9.83. The summed E-state index contributed by atoms with van der Waals surface area (Å²) in [6, 6.07) is 4.88. The highest BCUT2D eigenvalue weighted by Crippen LogP contribution is 2.40. The molecule has 5 heteroatoms. The minimum atomic E-state index is -0.948. The van der Waals surface area contributed by atoms with Gasteiger partial charge in [0.25, 0.3) is 0 Å². The van der Waals surface area contributed by atoms with Gasteiger partial charge in [0.05, 0.1) is 35.1 Å². The minimum absolute atomic E-state index is 0.0652. The smallest absolute Gasteiger partial charge is 0.335 e. The summed E-state index contributed by atoms with van der Waals surface area (Å²) in [5.74, 6) is -0.948. The van der Waals surface area contributed by atoms with Gasteiger partial charge in [0.1, 0.15) is 0 Å². The number of carboxylic acid groups (broad SMARTS) is 1. The normalized spacial score (nSPS) is 17.6. The van der Waals surface area contributed by atoms with Crippen LogP contribution in [0.5, 0.6) is 0 Å². The zero-order valence-corrected chi connectivity index (χ0v) is 9.83. The highest BCUT2D eigenvalue weighted by molar-refractivity contribution is 5.92. The van der Waals surface area contributed by atoms with Crippen LogP contribution in [0.15, 0.2) is 24.5 Å². The molecular weight excluding hydrogens is 232 g/mol. The molecule has 0 bridgehead atoms. The SMILES string of the molecule is O=C(O)c1ccc2ncn(C3(CO)CCC3)c2c1. The molecule has 1 aliphatic rings. The molecular formula is C13H14N2O3. The van der Waals surface area contributed by atoms with E-state index >= 15 is 0 Å². The van der Waals surface area contributed by atoms with E-state index in [2.05, 4.69) is 4.98 Å². The number of carbonyl (C=O) groups is 1. The first-order chi connectivity index (χ1) is 8.66. The summed E-state index contributed by atoms with van der Waals surface area (Å²) in [6.45, 7) is 0.0652. The van der Waals surface area contributed by atoms with E-state index in [0.29, 0.717) is 0 Å². The van der Waals surface area contributed by atoms with Crippen LogP contribution in [-0.2, 0) is 5.54 Å². The Bertz CT molecular complexity index is 608. The molecule has 0 spiro atoms. The van der Waals surface area contributed by atoms with E-state index in [9.17, 15) is 9.90 Å². The van der Waals surface area contributed by atoms with Crippen molar-refractivity contribution in [3.05, 3.63) is 30.1 Å². The number of benzene rings is 1. The van der Waals surface area contributed by atoms with E-state index < -0.39 is 5.97 Å². The lowest BCUT2D eigenvalue weighted by atomic mass is 9.77. The van der Waals surface area contributed by atoms with Gasteiger partial charge in [0.2, 0.25) is 0 Å². The number of nitrogens with zero attached hydrogens (tertiary/aromatic N) is 2. The Kier molecular flexibility index (Phi) is 2.38. The molecule has 5 nitrogen and oxygen atoms in total. The van der Waals surface area contributed by atoms with E-state index in [4.69, 9.17) is 5.11 Å². The molecule has 94 valence electrons. The molecule has 0 aliphatic heterocycles. The molecule has 0 unspecified atom stereocenters. The number of aromatic carboxylic acids is 1. The van der Waals surface area contributed by atoms with Crippen molar-refractivity contribution in [1.29, 1.82) is 0 Å². The minimum Gasteiger partial charge on any atom is -0.478 e. The Morgan fingerprint density at radius 2 is 2.22 bits per heavy atom. The maximum absolute atomic E-state index is 11.0. The third-order valence-corrected chi connectivity index (χ3v) is 3.88. The highest BCUT2D eigenvalue weighted by atomic mass is 16.4. The summed E-state index contributed by atoms with van der Waals surface area (Å²) in [6.07, 6.45) is 4.60. The van der Waals surface area contributed by atoms with Gasteiger partial charge in [-0.2, -0.15) is 0 Å². The summed E-state index contributed by atoms with van der Waals surface area (Å²) in [5.41, 5.74) is 1.51. The van der Waals surface area contributed by atoms with E-state index in [1.165, 1.54) is 0 Å². The molecule has 1 aliphatic carbocycles. The van der Waals surface area contributed by atoms with Gasteiger partial charge < -0.3 is 14.8 Å². The summed E-state index contributed by atoms with van der Waals surface area (Å²) >= 11 is 0. The van der Waals surface area contributed by atoms with Crippen LogP contribution in [0.4, 0.5) is 0 Å². The molecule has 2 N–H and O–H groups in total. The van der Waals surface area contributed by atoms with E-state index in [1.807, 2.05) is 4.57 Å². The van der Waals surface area contributed by atoms with E-state index in [1.54, 1.807) is 24.5 Å². The number of fused-ring (bicyclic) bond motifs is 1. The standard InChI is InChI=1S/C13H14N2O3/c16-7-13(4-1-5-13)15-8-14-10-3-2-9(12(17)18)6-11(10)15/h2-3,6,8,16H,1,4-5,7H2,(H,17,18). The summed E-state index contributed by atoms with van der Waals surface area (Å²) < 4.78 is 1.93. The van der Waals surface area contributed by atoms with Crippen molar-refractivity contribution in [1.82, 2.24) is 9.55 Å². The first-order valence-electron chi connectivity index (χ1n) is 5.98.